The lowest BCUT2D eigenvalue weighted by Crippen LogP contribution is -1.92. The SMILES string of the molecule is [2H]c1c([2H])c([2H])c2c(C(=O)O)c[nH]c2c1[2H]. The number of carboxylic acids is 1. The Kier molecular flexibility index (Phi) is 0.743. The smallest absolute Gasteiger partial charge is 0.337 e. The number of hydrogen-bond acceptors (Lipinski definition) is 1. The monoisotopic (exact) mass is 165 g/mol. The third-order valence-electron chi connectivity index (χ3n) is 1.55. The van der Waals surface area contributed by atoms with E-state index in [2.05, 4.69) is 4.98 Å². The standard InChI is InChI=1S/C9H7NO2/c11-9(12)7-5-10-8-4-2-1-3-6(7)8/h1-5,10H,(H,11,12)/i1D,2D,3D,4D. The third-order valence-corrected chi connectivity index (χ3v) is 1.55. The minimum Gasteiger partial charge on any atom is -0.478 e. The van der Waals surface area contributed by atoms with Gasteiger partial charge in [0, 0.05) is 17.1 Å². The van der Waals surface area contributed by atoms with Gasteiger partial charge in [-0.25, -0.2) is 4.79 Å². The summed E-state index contributed by atoms with van der Waals surface area (Å²) >= 11 is 0. The maximum Gasteiger partial charge on any atom is 0.337 e. The van der Waals surface area contributed by atoms with Crippen molar-refractivity contribution >= 4 is 16.9 Å². The first-order valence-corrected chi connectivity index (χ1v) is 3.26. The highest BCUT2D eigenvalue weighted by Crippen LogP contribution is 2.16. The largest absolute Gasteiger partial charge is 0.478 e. The van der Waals surface area contributed by atoms with Crippen LogP contribution in [-0.4, -0.2) is 16.1 Å². The average molecular weight is 165 g/mol. The van der Waals surface area contributed by atoms with E-state index in [4.69, 9.17) is 10.6 Å². The number of hydrogen-bond donors (Lipinski definition) is 2. The Balaban J connectivity index is 3.00. The molecule has 60 valence electrons. The maximum atomic E-state index is 10.9. The van der Waals surface area contributed by atoms with Crippen molar-refractivity contribution in [3.05, 3.63) is 35.9 Å². The summed E-state index contributed by atoms with van der Waals surface area (Å²) in [5.74, 6) is -1.23. The Bertz CT molecular complexity index is 605. The number of para-hydroxylation sites is 1. The molecular weight excluding hydrogens is 154 g/mol. The van der Waals surface area contributed by atoms with Gasteiger partial charge in [0.05, 0.1) is 11.0 Å². The second-order valence-electron chi connectivity index (χ2n) is 2.26. The van der Waals surface area contributed by atoms with Crippen molar-refractivity contribution in [1.29, 1.82) is 0 Å². The molecule has 0 fully saturated rings. The number of aromatic amines is 1. The first kappa shape index (κ1) is 3.76. The number of aromatic nitrogens is 1. The molecule has 0 bridgehead atoms. The molecule has 0 saturated carbocycles. The number of fused-ring (bicyclic) bond motifs is 1. The molecule has 2 rings (SSSR count). The summed E-state index contributed by atoms with van der Waals surface area (Å²) in [6, 6.07) is -1.41. The average Bonchev–Trinajstić information content (AvgIpc) is 2.67. The van der Waals surface area contributed by atoms with Crippen LogP contribution in [-0.2, 0) is 0 Å². The van der Waals surface area contributed by atoms with Crippen LogP contribution in [0.4, 0.5) is 0 Å². The highest BCUT2D eigenvalue weighted by atomic mass is 16.4. The molecule has 3 heteroatoms. The minimum atomic E-state index is -1.23. The number of carbonyl (C=O) groups is 1. The van der Waals surface area contributed by atoms with Gasteiger partial charge >= 0.3 is 5.97 Å². The van der Waals surface area contributed by atoms with Crippen molar-refractivity contribution in [2.75, 3.05) is 0 Å². The predicted octanol–water partition coefficient (Wildman–Crippen LogP) is 1.87. The molecule has 1 heterocycles. The van der Waals surface area contributed by atoms with E-state index >= 15 is 0 Å². The van der Waals surface area contributed by atoms with Crippen LogP contribution in [0.2, 0.25) is 0 Å². The third kappa shape index (κ3) is 0.871. The van der Waals surface area contributed by atoms with Gasteiger partial charge in [-0.2, -0.15) is 0 Å². The van der Waals surface area contributed by atoms with Crippen LogP contribution >= 0.6 is 0 Å². The molecule has 0 aliphatic heterocycles. The topological polar surface area (TPSA) is 53.1 Å². The fraction of sp³-hybridized carbons (Fsp3) is 0. The van der Waals surface area contributed by atoms with Gasteiger partial charge in [-0.1, -0.05) is 18.1 Å². The van der Waals surface area contributed by atoms with Gasteiger partial charge in [0.2, 0.25) is 0 Å². The Labute approximate surface area is 74.3 Å². The van der Waals surface area contributed by atoms with Gasteiger partial charge in [0.25, 0.3) is 0 Å². The second-order valence-corrected chi connectivity index (χ2v) is 2.26. The van der Waals surface area contributed by atoms with Crippen LogP contribution in [0.5, 0.6) is 0 Å². The Morgan fingerprint density at radius 3 is 3.00 bits per heavy atom. The van der Waals surface area contributed by atoms with Gasteiger partial charge in [-0.3, -0.25) is 0 Å². The Morgan fingerprint density at radius 1 is 1.50 bits per heavy atom. The molecule has 0 radical (unpaired) electrons. The molecule has 0 unspecified atom stereocenters. The van der Waals surface area contributed by atoms with Gasteiger partial charge in [0.15, 0.2) is 0 Å². The fourth-order valence-electron chi connectivity index (χ4n) is 1.01. The summed E-state index contributed by atoms with van der Waals surface area (Å²) in [7, 11) is 0. The van der Waals surface area contributed by atoms with Crippen molar-refractivity contribution in [3.8, 4) is 0 Å². The van der Waals surface area contributed by atoms with Crippen LogP contribution in [0.15, 0.2) is 30.4 Å². The lowest BCUT2D eigenvalue weighted by molar-refractivity contribution is 0.0699. The first-order chi connectivity index (χ1) is 7.45. The zero-order valence-corrected chi connectivity index (χ0v) is 5.93. The molecule has 0 saturated heterocycles. The highest BCUT2D eigenvalue weighted by molar-refractivity contribution is 6.02. The van der Waals surface area contributed by atoms with E-state index in [0.29, 0.717) is 0 Å². The zero-order chi connectivity index (χ0) is 12.0. The summed E-state index contributed by atoms with van der Waals surface area (Å²) in [5, 5.41) is 8.89. The molecule has 0 amide bonds. The van der Waals surface area contributed by atoms with Crippen molar-refractivity contribution < 1.29 is 15.4 Å². The van der Waals surface area contributed by atoms with Crippen LogP contribution in [0.1, 0.15) is 15.8 Å². The molecule has 2 aromatic rings. The van der Waals surface area contributed by atoms with Crippen molar-refractivity contribution in [3.63, 3.8) is 0 Å². The van der Waals surface area contributed by atoms with E-state index < -0.39 is 12.0 Å². The lowest BCUT2D eigenvalue weighted by atomic mass is 10.2. The number of nitrogens with one attached hydrogen (secondary N) is 1. The van der Waals surface area contributed by atoms with Crippen molar-refractivity contribution in [1.82, 2.24) is 4.98 Å². The number of H-pyrrole nitrogens is 1. The normalized spacial score (nSPS) is 15.0. The lowest BCUT2D eigenvalue weighted by Gasteiger charge is -1.89. The Hall–Kier alpha value is -1.77. The van der Waals surface area contributed by atoms with E-state index in [-0.39, 0.29) is 34.6 Å². The molecule has 2 N–H and O–H groups in total. The van der Waals surface area contributed by atoms with Gasteiger partial charge < -0.3 is 10.1 Å². The van der Waals surface area contributed by atoms with Crippen LogP contribution in [0, 0.1) is 0 Å². The van der Waals surface area contributed by atoms with E-state index in [0.717, 1.165) is 0 Å². The number of carboxylic acid groups (broad SMARTS) is 1. The molecule has 1 aromatic carbocycles. The molecule has 0 spiro atoms. The Morgan fingerprint density at radius 2 is 2.25 bits per heavy atom. The molecule has 0 aliphatic rings. The molecule has 1 aromatic heterocycles. The van der Waals surface area contributed by atoms with Crippen LogP contribution in [0.25, 0.3) is 10.9 Å². The van der Waals surface area contributed by atoms with Crippen molar-refractivity contribution in [2.45, 2.75) is 0 Å². The predicted molar refractivity (Wildman–Crippen MR) is 45.3 cm³/mol. The zero-order valence-electron chi connectivity index (χ0n) is 9.93. The fourth-order valence-corrected chi connectivity index (χ4v) is 1.01. The first-order valence-electron chi connectivity index (χ1n) is 5.26. The quantitative estimate of drug-likeness (QED) is 0.677. The van der Waals surface area contributed by atoms with Gasteiger partial charge in [-0.15, -0.1) is 0 Å². The summed E-state index contributed by atoms with van der Waals surface area (Å²) in [5.41, 5.74) is -0.0367. The van der Waals surface area contributed by atoms with Gasteiger partial charge in [0.1, 0.15) is 0 Å². The molecular formula is C9H7NO2. The summed E-state index contributed by atoms with van der Waals surface area (Å²) in [4.78, 5) is 13.4. The van der Waals surface area contributed by atoms with Crippen LogP contribution < -0.4 is 0 Å². The minimum absolute atomic E-state index is 0.0125. The van der Waals surface area contributed by atoms with E-state index in [9.17, 15) is 4.79 Å². The molecule has 0 atom stereocenters. The van der Waals surface area contributed by atoms with E-state index in [1.807, 2.05) is 0 Å². The summed E-state index contributed by atoms with van der Waals surface area (Å²) in [6.07, 6.45) is 1.17. The number of rotatable bonds is 1. The van der Waals surface area contributed by atoms with Crippen molar-refractivity contribution in [2.24, 2.45) is 0 Å². The molecule has 0 aliphatic carbocycles. The van der Waals surface area contributed by atoms with Gasteiger partial charge in [-0.05, 0) is 6.04 Å². The summed E-state index contributed by atoms with van der Waals surface area (Å²) < 4.78 is 30.0. The number of aromatic carboxylic acids is 1. The molecule has 3 nitrogen and oxygen atoms in total. The maximum absolute atomic E-state index is 10.9. The van der Waals surface area contributed by atoms with Crippen LogP contribution in [0.3, 0.4) is 0 Å². The highest BCUT2D eigenvalue weighted by Gasteiger charge is 2.08. The number of benzene rings is 1. The van der Waals surface area contributed by atoms with E-state index in [1.165, 1.54) is 6.20 Å². The summed E-state index contributed by atoms with van der Waals surface area (Å²) in [6.45, 7) is 0. The molecule has 12 heavy (non-hydrogen) atoms. The van der Waals surface area contributed by atoms with E-state index in [1.54, 1.807) is 0 Å². The second kappa shape index (κ2) is 2.37.